The summed E-state index contributed by atoms with van der Waals surface area (Å²) in [5, 5.41) is 9.21. The maximum absolute atomic E-state index is 11.5. The molecule has 0 aliphatic rings. The SMILES string of the molecule is COC(=O)C(C)(N)CC(C)Oc1ccccc1CO. The fourth-order valence-corrected chi connectivity index (χ4v) is 1.92. The van der Waals surface area contributed by atoms with E-state index in [4.69, 9.17) is 10.5 Å². The van der Waals surface area contributed by atoms with Crippen molar-refractivity contribution in [3.05, 3.63) is 29.8 Å². The smallest absolute Gasteiger partial charge is 0.325 e. The van der Waals surface area contributed by atoms with E-state index in [9.17, 15) is 9.90 Å². The fraction of sp³-hybridized carbons (Fsp3) is 0.500. The molecule has 0 aliphatic carbocycles. The van der Waals surface area contributed by atoms with E-state index < -0.39 is 11.5 Å². The third kappa shape index (κ3) is 4.22. The summed E-state index contributed by atoms with van der Waals surface area (Å²) < 4.78 is 10.4. The molecule has 5 nitrogen and oxygen atoms in total. The Morgan fingerprint density at radius 3 is 2.68 bits per heavy atom. The first kappa shape index (κ1) is 15.5. The second kappa shape index (κ2) is 6.54. The largest absolute Gasteiger partial charge is 0.490 e. The highest BCUT2D eigenvalue weighted by Crippen LogP contribution is 2.22. The normalized spacial score (nSPS) is 15.4. The van der Waals surface area contributed by atoms with E-state index >= 15 is 0 Å². The van der Waals surface area contributed by atoms with Crippen molar-refractivity contribution in [1.82, 2.24) is 0 Å². The summed E-state index contributed by atoms with van der Waals surface area (Å²) in [4.78, 5) is 11.5. The molecule has 0 fully saturated rings. The topological polar surface area (TPSA) is 81.8 Å². The van der Waals surface area contributed by atoms with Crippen LogP contribution in [0, 0.1) is 0 Å². The predicted molar refractivity (Wildman–Crippen MR) is 71.7 cm³/mol. The molecule has 0 amide bonds. The quantitative estimate of drug-likeness (QED) is 0.757. The lowest BCUT2D eigenvalue weighted by atomic mass is 9.96. The van der Waals surface area contributed by atoms with Crippen LogP contribution in [0.5, 0.6) is 5.75 Å². The van der Waals surface area contributed by atoms with Gasteiger partial charge in [0.25, 0.3) is 0 Å². The van der Waals surface area contributed by atoms with Crippen LogP contribution in [0.3, 0.4) is 0 Å². The van der Waals surface area contributed by atoms with E-state index in [-0.39, 0.29) is 12.7 Å². The Balaban J connectivity index is 2.70. The van der Waals surface area contributed by atoms with Gasteiger partial charge in [0.1, 0.15) is 11.3 Å². The Labute approximate surface area is 113 Å². The highest BCUT2D eigenvalue weighted by molar-refractivity contribution is 5.79. The summed E-state index contributed by atoms with van der Waals surface area (Å²) in [6.45, 7) is 3.33. The van der Waals surface area contributed by atoms with Crippen molar-refractivity contribution in [2.45, 2.75) is 38.5 Å². The molecule has 0 aromatic heterocycles. The Bertz CT molecular complexity index is 431. The lowest BCUT2D eigenvalue weighted by Gasteiger charge is -2.26. The number of carbonyl (C=O) groups is 1. The Morgan fingerprint density at radius 2 is 2.11 bits per heavy atom. The maximum Gasteiger partial charge on any atom is 0.325 e. The van der Waals surface area contributed by atoms with Gasteiger partial charge >= 0.3 is 5.97 Å². The Morgan fingerprint density at radius 1 is 1.47 bits per heavy atom. The standard InChI is InChI=1S/C14H21NO4/c1-10(8-14(2,15)13(17)18-3)19-12-7-5-4-6-11(12)9-16/h4-7,10,16H,8-9,15H2,1-3H3. The van der Waals surface area contributed by atoms with Crippen molar-refractivity contribution < 1.29 is 19.4 Å². The van der Waals surface area contributed by atoms with Crippen molar-refractivity contribution in [2.75, 3.05) is 7.11 Å². The van der Waals surface area contributed by atoms with Crippen LogP contribution in [0.1, 0.15) is 25.8 Å². The van der Waals surface area contributed by atoms with E-state index in [2.05, 4.69) is 4.74 Å². The molecule has 2 atom stereocenters. The van der Waals surface area contributed by atoms with Gasteiger partial charge in [-0.3, -0.25) is 4.79 Å². The molecule has 2 unspecified atom stereocenters. The molecular formula is C14H21NO4. The number of rotatable bonds is 6. The van der Waals surface area contributed by atoms with Crippen molar-refractivity contribution in [3.8, 4) is 5.75 Å². The molecule has 0 radical (unpaired) electrons. The van der Waals surface area contributed by atoms with E-state index in [1.54, 1.807) is 19.1 Å². The lowest BCUT2D eigenvalue weighted by Crippen LogP contribution is -2.48. The number of benzene rings is 1. The van der Waals surface area contributed by atoms with Crippen LogP contribution in [0.15, 0.2) is 24.3 Å². The second-order valence-electron chi connectivity index (χ2n) is 4.81. The number of para-hydroxylation sites is 1. The number of aliphatic hydroxyl groups is 1. The number of aliphatic hydroxyl groups excluding tert-OH is 1. The summed E-state index contributed by atoms with van der Waals surface area (Å²) in [6.07, 6.45) is 0.0428. The molecule has 1 aromatic carbocycles. The van der Waals surface area contributed by atoms with Gasteiger partial charge in [0.15, 0.2) is 0 Å². The van der Waals surface area contributed by atoms with Gasteiger partial charge in [-0.2, -0.15) is 0 Å². The Hall–Kier alpha value is -1.59. The van der Waals surface area contributed by atoms with Crippen molar-refractivity contribution in [1.29, 1.82) is 0 Å². The minimum absolute atomic E-state index is 0.0974. The first-order valence-electron chi connectivity index (χ1n) is 6.13. The van der Waals surface area contributed by atoms with Crippen molar-refractivity contribution in [2.24, 2.45) is 5.73 Å². The van der Waals surface area contributed by atoms with Gasteiger partial charge in [-0.25, -0.2) is 0 Å². The van der Waals surface area contributed by atoms with Gasteiger partial charge in [0, 0.05) is 12.0 Å². The highest BCUT2D eigenvalue weighted by Gasteiger charge is 2.32. The molecule has 1 aromatic rings. The Kier molecular flexibility index (Phi) is 5.32. The zero-order chi connectivity index (χ0) is 14.5. The molecule has 0 aliphatic heterocycles. The minimum Gasteiger partial charge on any atom is -0.490 e. The number of esters is 1. The number of ether oxygens (including phenoxy) is 2. The van der Waals surface area contributed by atoms with Gasteiger partial charge in [0.2, 0.25) is 0 Å². The molecule has 0 saturated heterocycles. The summed E-state index contributed by atoms with van der Waals surface area (Å²) in [7, 11) is 1.31. The first-order valence-corrected chi connectivity index (χ1v) is 6.13. The average Bonchev–Trinajstić information content (AvgIpc) is 2.37. The van der Waals surface area contributed by atoms with Gasteiger partial charge in [-0.1, -0.05) is 18.2 Å². The van der Waals surface area contributed by atoms with Crippen LogP contribution in [0.4, 0.5) is 0 Å². The number of carbonyl (C=O) groups excluding carboxylic acids is 1. The maximum atomic E-state index is 11.5. The molecular weight excluding hydrogens is 246 g/mol. The average molecular weight is 267 g/mol. The van der Waals surface area contributed by atoms with Gasteiger partial charge in [-0.15, -0.1) is 0 Å². The van der Waals surface area contributed by atoms with Gasteiger partial charge < -0.3 is 20.3 Å². The van der Waals surface area contributed by atoms with Crippen LogP contribution >= 0.6 is 0 Å². The van der Waals surface area contributed by atoms with Crippen LogP contribution in [-0.4, -0.2) is 29.8 Å². The third-order valence-electron chi connectivity index (χ3n) is 2.83. The molecule has 3 N–H and O–H groups in total. The number of hydrogen-bond acceptors (Lipinski definition) is 5. The summed E-state index contributed by atoms with van der Waals surface area (Å²) in [5.41, 5.74) is 5.50. The predicted octanol–water partition coefficient (Wildman–Crippen LogP) is 1.23. The van der Waals surface area contributed by atoms with Crippen LogP contribution in [0.2, 0.25) is 0 Å². The molecule has 0 bridgehead atoms. The van der Waals surface area contributed by atoms with Crippen LogP contribution in [0.25, 0.3) is 0 Å². The number of methoxy groups -OCH3 is 1. The summed E-state index contributed by atoms with van der Waals surface area (Å²) in [5.74, 6) is 0.122. The number of hydrogen-bond donors (Lipinski definition) is 2. The number of nitrogens with two attached hydrogens (primary N) is 1. The fourth-order valence-electron chi connectivity index (χ4n) is 1.92. The molecule has 0 heterocycles. The second-order valence-corrected chi connectivity index (χ2v) is 4.81. The highest BCUT2D eigenvalue weighted by atomic mass is 16.5. The lowest BCUT2D eigenvalue weighted by molar-refractivity contribution is -0.147. The molecule has 1 rings (SSSR count). The molecule has 0 spiro atoms. The van der Waals surface area contributed by atoms with E-state index in [0.717, 1.165) is 0 Å². The van der Waals surface area contributed by atoms with Crippen molar-refractivity contribution in [3.63, 3.8) is 0 Å². The van der Waals surface area contributed by atoms with Gasteiger partial charge in [0.05, 0.1) is 19.8 Å². The zero-order valence-corrected chi connectivity index (χ0v) is 11.6. The molecule has 19 heavy (non-hydrogen) atoms. The van der Waals surface area contributed by atoms with Crippen LogP contribution < -0.4 is 10.5 Å². The minimum atomic E-state index is -1.09. The van der Waals surface area contributed by atoms with Crippen molar-refractivity contribution >= 4 is 5.97 Å². The summed E-state index contributed by atoms with van der Waals surface area (Å²) in [6, 6.07) is 7.20. The summed E-state index contributed by atoms with van der Waals surface area (Å²) >= 11 is 0. The first-order chi connectivity index (χ1) is 8.90. The molecule has 0 saturated carbocycles. The van der Waals surface area contributed by atoms with Crippen LogP contribution in [-0.2, 0) is 16.1 Å². The molecule has 5 heteroatoms. The van der Waals surface area contributed by atoms with Gasteiger partial charge in [-0.05, 0) is 19.9 Å². The van der Waals surface area contributed by atoms with E-state index in [1.807, 2.05) is 19.1 Å². The van der Waals surface area contributed by atoms with E-state index in [0.29, 0.717) is 17.7 Å². The third-order valence-corrected chi connectivity index (χ3v) is 2.83. The molecule has 106 valence electrons. The van der Waals surface area contributed by atoms with E-state index in [1.165, 1.54) is 7.11 Å². The monoisotopic (exact) mass is 267 g/mol. The zero-order valence-electron chi connectivity index (χ0n) is 11.6.